The van der Waals surface area contributed by atoms with Gasteiger partial charge in [0, 0.05) is 10.8 Å². The zero-order valence-electron chi connectivity index (χ0n) is 10.2. The van der Waals surface area contributed by atoms with Crippen LogP contribution in [0, 0.1) is 12.7 Å². The van der Waals surface area contributed by atoms with Crippen molar-refractivity contribution in [2.75, 3.05) is 5.73 Å². The first-order valence-electron chi connectivity index (χ1n) is 6.16. The Morgan fingerprint density at radius 3 is 3.06 bits per heavy atom. The molecule has 2 nitrogen and oxygen atoms in total. The molecular weight excluding hydrogens is 247 g/mol. The van der Waals surface area contributed by atoms with E-state index in [1.165, 1.54) is 10.4 Å². The minimum absolute atomic E-state index is 0.140. The number of rotatable bonds is 1. The number of nitrogen functional groups attached to an aromatic ring is 1. The number of anilines is 1. The number of aromatic nitrogens is 1. The average molecular weight is 262 g/mol. The van der Waals surface area contributed by atoms with Crippen LogP contribution in [0.1, 0.15) is 40.5 Å². The number of aryl methyl sites for hydroxylation is 2. The van der Waals surface area contributed by atoms with Crippen molar-refractivity contribution < 1.29 is 4.39 Å². The molecule has 1 atom stereocenters. The fourth-order valence-electron chi connectivity index (χ4n) is 2.64. The summed E-state index contributed by atoms with van der Waals surface area (Å²) in [6, 6.07) is 5.40. The number of hydrogen-bond acceptors (Lipinski definition) is 3. The Balaban J connectivity index is 2.05. The lowest BCUT2D eigenvalue weighted by molar-refractivity contribution is 0.603. The highest BCUT2D eigenvalue weighted by Gasteiger charge is 2.25. The molecule has 3 rings (SSSR count). The molecule has 18 heavy (non-hydrogen) atoms. The lowest BCUT2D eigenvalue weighted by atomic mass is 9.85. The van der Waals surface area contributed by atoms with Crippen LogP contribution in [0.4, 0.5) is 9.52 Å². The summed E-state index contributed by atoms with van der Waals surface area (Å²) in [7, 11) is 0. The predicted molar refractivity (Wildman–Crippen MR) is 72.4 cm³/mol. The minimum Gasteiger partial charge on any atom is -0.375 e. The van der Waals surface area contributed by atoms with Gasteiger partial charge in [-0.25, -0.2) is 9.37 Å². The van der Waals surface area contributed by atoms with E-state index in [-0.39, 0.29) is 5.82 Å². The van der Waals surface area contributed by atoms with E-state index in [1.54, 1.807) is 17.4 Å². The smallest absolute Gasteiger partial charge is 0.180 e. The van der Waals surface area contributed by atoms with Crippen LogP contribution in [0.5, 0.6) is 0 Å². The molecule has 0 aliphatic heterocycles. The molecule has 4 heteroatoms. The molecule has 1 aromatic heterocycles. The molecule has 0 saturated heterocycles. The summed E-state index contributed by atoms with van der Waals surface area (Å²) in [5, 5.41) is 0.644. The van der Waals surface area contributed by atoms with E-state index in [0.717, 1.165) is 25.0 Å². The summed E-state index contributed by atoms with van der Waals surface area (Å²) in [6.45, 7) is 1.81. The summed E-state index contributed by atoms with van der Waals surface area (Å²) in [5.74, 6) is 0.196. The van der Waals surface area contributed by atoms with Crippen molar-refractivity contribution in [2.24, 2.45) is 0 Å². The van der Waals surface area contributed by atoms with Gasteiger partial charge in [-0.3, -0.25) is 0 Å². The van der Waals surface area contributed by atoms with E-state index in [9.17, 15) is 4.39 Å². The van der Waals surface area contributed by atoms with E-state index in [0.29, 0.717) is 16.6 Å². The molecule has 1 aliphatic rings. The summed E-state index contributed by atoms with van der Waals surface area (Å²) >= 11 is 1.58. The maximum Gasteiger partial charge on any atom is 0.180 e. The van der Waals surface area contributed by atoms with Crippen molar-refractivity contribution in [2.45, 2.75) is 32.1 Å². The maximum absolute atomic E-state index is 13.3. The molecule has 0 radical (unpaired) electrons. The Morgan fingerprint density at radius 1 is 1.44 bits per heavy atom. The Morgan fingerprint density at radius 2 is 2.28 bits per heavy atom. The van der Waals surface area contributed by atoms with Crippen molar-refractivity contribution in [3.05, 3.63) is 45.7 Å². The van der Waals surface area contributed by atoms with Crippen molar-refractivity contribution in [3.8, 4) is 0 Å². The Bertz CT molecular complexity index is 591. The quantitative estimate of drug-likeness (QED) is 0.852. The molecule has 0 bridgehead atoms. The fraction of sp³-hybridized carbons (Fsp3) is 0.357. The molecule has 1 aliphatic carbocycles. The Labute approximate surface area is 110 Å². The van der Waals surface area contributed by atoms with Gasteiger partial charge in [-0.15, -0.1) is 11.3 Å². The number of nitrogens with zero attached hydrogens (tertiary/aromatic N) is 1. The average Bonchev–Trinajstić information content (AvgIpc) is 2.72. The minimum atomic E-state index is -0.140. The van der Waals surface area contributed by atoms with E-state index in [2.05, 4.69) is 4.98 Å². The number of thiazole rings is 1. The van der Waals surface area contributed by atoms with Crippen LogP contribution in [0.15, 0.2) is 18.2 Å². The van der Waals surface area contributed by atoms with E-state index in [1.807, 2.05) is 19.1 Å². The third-order valence-electron chi connectivity index (χ3n) is 3.55. The van der Waals surface area contributed by atoms with Gasteiger partial charge in [0.2, 0.25) is 0 Å². The van der Waals surface area contributed by atoms with Gasteiger partial charge < -0.3 is 5.73 Å². The van der Waals surface area contributed by atoms with Gasteiger partial charge in [-0.2, -0.15) is 0 Å². The first-order chi connectivity index (χ1) is 8.65. The SMILES string of the molecule is Cc1cc(C2CCCc3nc(N)sc32)ccc1F. The third kappa shape index (κ3) is 1.90. The van der Waals surface area contributed by atoms with E-state index < -0.39 is 0 Å². The van der Waals surface area contributed by atoms with Crippen molar-refractivity contribution in [3.63, 3.8) is 0 Å². The Hall–Kier alpha value is -1.42. The van der Waals surface area contributed by atoms with Crippen LogP contribution in [0.2, 0.25) is 0 Å². The highest BCUT2D eigenvalue weighted by atomic mass is 32.1. The monoisotopic (exact) mass is 262 g/mol. The number of fused-ring (bicyclic) bond motifs is 1. The summed E-state index contributed by atoms with van der Waals surface area (Å²) in [6.07, 6.45) is 3.23. The lowest BCUT2D eigenvalue weighted by Crippen LogP contribution is -2.09. The Kier molecular flexibility index (Phi) is 2.82. The first-order valence-corrected chi connectivity index (χ1v) is 6.98. The van der Waals surface area contributed by atoms with Gasteiger partial charge in [0.15, 0.2) is 5.13 Å². The molecule has 2 aromatic rings. The highest BCUT2D eigenvalue weighted by molar-refractivity contribution is 7.15. The normalized spacial score (nSPS) is 18.7. The topological polar surface area (TPSA) is 38.9 Å². The van der Waals surface area contributed by atoms with Crippen molar-refractivity contribution >= 4 is 16.5 Å². The van der Waals surface area contributed by atoms with Crippen LogP contribution in [0.3, 0.4) is 0 Å². The summed E-state index contributed by atoms with van der Waals surface area (Å²) in [5.41, 5.74) is 8.82. The highest BCUT2D eigenvalue weighted by Crippen LogP contribution is 2.40. The van der Waals surface area contributed by atoms with Gasteiger partial charge in [0.05, 0.1) is 5.69 Å². The second-order valence-corrected chi connectivity index (χ2v) is 5.88. The number of nitrogens with two attached hydrogens (primary N) is 1. The molecule has 94 valence electrons. The van der Waals surface area contributed by atoms with Gasteiger partial charge in [-0.1, -0.05) is 12.1 Å². The molecule has 0 amide bonds. The zero-order valence-corrected chi connectivity index (χ0v) is 11.1. The molecule has 1 aromatic carbocycles. The summed E-state index contributed by atoms with van der Waals surface area (Å²) in [4.78, 5) is 5.66. The van der Waals surface area contributed by atoms with Crippen molar-refractivity contribution in [1.82, 2.24) is 4.98 Å². The second-order valence-electron chi connectivity index (χ2n) is 4.82. The molecule has 2 N–H and O–H groups in total. The molecule has 1 heterocycles. The predicted octanol–water partition coefficient (Wildman–Crippen LogP) is 3.64. The van der Waals surface area contributed by atoms with Crippen molar-refractivity contribution in [1.29, 1.82) is 0 Å². The van der Waals surface area contributed by atoms with Gasteiger partial charge in [0.25, 0.3) is 0 Å². The van der Waals surface area contributed by atoms with E-state index >= 15 is 0 Å². The summed E-state index contributed by atoms with van der Waals surface area (Å²) < 4.78 is 13.3. The van der Waals surface area contributed by atoms with Crippen LogP contribution in [-0.2, 0) is 6.42 Å². The van der Waals surface area contributed by atoms with Gasteiger partial charge in [-0.05, 0) is 43.4 Å². The standard InChI is InChI=1S/C14H15FN2S/c1-8-7-9(5-6-11(8)15)10-3-2-4-12-13(10)18-14(16)17-12/h5-7,10H,2-4H2,1H3,(H2,16,17). The third-order valence-corrected chi connectivity index (χ3v) is 4.59. The molecule has 0 saturated carbocycles. The number of hydrogen-bond donors (Lipinski definition) is 1. The number of halogens is 1. The van der Waals surface area contributed by atoms with Gasteiger partial charge >= 0.3 is 0 Å². The maximum atomic E-state index is 13.3. The van der Waals surface area contributed by atoms with Crippen LogP contribution < -0.4 is 5.73 Å². The molecular formula is C14H15FN2S. The largest absolute Gasteiger partial charge is 0.375 e. The first kappa shape index (κ1) is 11.7. The van der Waals surface area contributed by atoms with Crippen LogP contribution >= 0.6 is 11.3 Å². The van der Waals surface area contributed by atoms with Gasteiger partial charge in [0.1, 0.15) is 5.82 Å². The van der Waals surface area contributed by atoms with E-state index in [4.69, 9.17) is 5.73 Å². The molecule has 0 spiro atoms. The lowest BCUT2D eigenvalue weighted by Gasteiger charge is -2.22. The van der Waals surface area contributed by atoms with Crippen LogP contribution in [0.25, 0.3) is 0 Å². The fourth-order valence-corrected chi connectivity index (χ4v) is 3.68. The zero-order chi connectivity index (χ0) is 12.7. The molecule has 1 unspecified atom stereocenters. The number of benzene rings is 1. The molecule has 0 fully saturated rings. The van der Waals surface area contributed by atoms with Crippen LogP contribution in [-0.4, -0.2) is 4.98 Å². The second kappa shape index (κ2) is 4.35.